The van der Waals surface area contributed by atoms with Crippen molar-refractivity contribution in [3.63, 3.8) is 0 Å². The van der Waals surface area contributed by atoms with Gasteiger partial charge in [0.2, 0.25) is 0 Å². The Hall–Kier alpha value is -1.59. The highest BCUT2D eigenvalue weighted by molar-refractivity contribution is 5.71. The van der Waals surface area contributed by atoms with Gasteiger partial charge in [-0.25, -0.2) is 0 Å². The lowest BCUT2D eigenvalue weighted by molar-refractivity contribution is -0.167. The van der Waals surface area contributed by atoms with Crippen molar-refractivity contribution >= 4 is 17.9 Å². The molecule has 6 heteroatoms. The van der Waals surface area contributed by atoms with Gasteiger partial charge in [-0.1, -0.05) is 266 Å². The first kappa shape index (κ1) is 59.4. The summed E-state index contributed by atoms with van der Waals surface area (Å²) in [7, 11) is 0. The molecule has 0 aromatic rings. The summed E-state index contributed by atoms with van der Waals surface area (Å²) in [6.45, 7) is 11.3. The van der Waals surface area contributed by atoms with Gasteiger partial charge in [0.25, 0.3) is 0 Å². The lowest BCUT2D eigenvalue weighted by Gasteiger charge is -2.18. The third kappa shape index (κ3) is 49.3. The van der Waals surface area contributed by atoms with Gasteiger partial charge in [-0.3, -0.25) is 14.4 Å². The van der Waals surface area contributed by atoms with Gasteiger partial charge in [0.15, 0.2) is 6.10 Å². The summed E-state index contributed by atoms with van der Waals surface area (Å²) in [5, 5.41) is 0. The Balaban J connectivity index is 4.23. The predicted molar refractivity (Wildman–Crippen MR) is 261 cm³/mol. The van der Waals surface area contributed by atoms with E-state index < -0.39 is 6.10 Å². The van der Waals surface area contributed by atoms with Gasteiger partial charge in [0.05, 0.1) is 0 Å². The molecular weight excluding hydrogens is 757 g/mol. The van der Waals surface area contributed by atoms with Crippen molar-refractivity contribution in [3.8, 4) is 0 Å². The first-order valence-corrected chi connectivity index (χ1v) is 27.2. The number of rotatable bonds is 49. The maximum Gasteiger partial charge on any atom is 0.306 e. The highest BCUT2D eigenvalue weighted by Gasteiger charge is 2.19. The fourth-order valence-electron chi connectivity index (χ4n) is 8.34. The van der Waals surface area contributed by atoms with Gasteiger partial charge in [-0.2, -0.15) is 0 Å². The molecule has 0 unspecified atom stereocenters. The lowest BCUT2D eigenvalue weighted by Crippen LogP contribution is -2.30. The predicted octanol–water partition coefficient (Wildman–Crippen LogP) is 17.7. The molecule has 0 aliphatic carbocycles. The Bertz CT molecular complexity index is 931. The first-order chi connectivity index (χ1) is 29.7. The van der Waals surface area contributed by atoms with E-state index in [-0.39, 0.29) is 31.1 Å². The molecule has 0 heterocycles. The summed E-state index contributed by atoms with van der Waals surface area (Å²) in [6.07, 6.45) is 49.6. The zero-order chi connectivity index (χ0) is 44.7. The fraction of sp³-hybridized carbons (Fsp3) is 0.945. The van der Waals surface area contributed by atoms with Crippen LogP contribution in [0.1, 0.15) is 304 Å². The second-order valence-electron chi connectivity index (χ2n) is 19.8. The fourth-order valence-corrected chi connectivity index (χ4v) is 8.34. The first-order valence-electron chi connectivity index (χ1n) is 27.2. The highest BCUT2D eigenvalue weighted by Crippen LogP contribution is 2.18. The molecule has 0 aliphatic rings. The van der Waals surface area contributed by atoms with Crippen LogP contribution in [0.15, 0.2) is 0 Å². The minimum absolute atomic E-state index is 0.0640. The zero-order valence-corrected chi connectivity index (χ0v) is 41.8. The number of hydrogen-bond donors (Lipinski definition) is 0. The van der Waals surface area contributed by atoms with Gasteiger partial charge in [0, 0.05) is 19.3 Å². The second-order valence-corrected chi connectivity index (χ2v) is 19.8. The third-order valence-electron chi connectivity index (χ3n) is 12.5. The van der Waals surface area contributed by atoms with Crippen LogP contribution in [-0.2, 0) is 28.6 Å². The minimum atomic E-state index is -0.762. The van der Waals surface area contributed by atoms with Crippen LogP contribution in [0.25, 0.3) is 0 Å². The average Bonchev–Trinajstić information content (AvgIpc) is 3.23. The zero-order valence-electron chi connectivity index (χ0n) is 41.8. The summed E-state index contributed by atoms with van der Waals surface area (Å²) >= 11 is 0. The lowest BCUT2D eigenvalue weighted by atomic mass is 10.0. The topological polar surface area (TPSA) is 78.9 Å². The van der Waals surface area contributed by atoms with Crippen molar-refractivity contribution in [3.05, 3.63) is 0 Å². The van der Waals surface area contributed by atoms with E-state index in [4.69, 9.17) is 14.2 Å². The average molecular weight is 863 g/mol. The summed E-state index contributed by atoms with van der Waals surface area (Å²) in [4.78, 5) is 37.9. The van der Waals surface area contributed by atoms with Gasteiger partial charge in [-0.15, -0.1) is 0 Å². The van der Waals surface area contributed by atoms with Crippen molar-refractivity contribution in [1.82, 2.24) is 0 Å². The molecule has 0 rings (SSSR count). The Morgan fingerprint density at radius 3 is 0.803 bits per heavy atom. The monoisotopic (exact) mass is 863 g/mol. The van der Waals surface area contributed by atoms with Gasteiger partial charge in [-0.05, 0) is 31.1 Å². The smallest absolute Gasteiger partial charge is 0.306 e. The van der Waals surface area contributed by atoms with E-state index in [1.165, 1.54) is 193 Å². The molecule has 61 heavy (non-hydrogen) atoms. The summed E-state index contributed by atoms with van der Waals surface area (Å²) < 4.78 is 16.8. The summed E-state index contributed by atoms with van der Waals surface area (Å²) in [5.74, 6) is 0.766. The number of ether oxygens (including phenoxy) is 3. The second kappa shape index (κ2) is 47.9. The van der Waals surface area contributed by atoms with Gasteiger partial charge >= 0.3 is 17.9 Å². The van der Waals surface area contributed by atoms with Crippen LogP contribution in [0.2, 0.25) is 0 Å². The van der Waals surface area contributed by atoms with Crippen molar-refractivity contribution in [2.75, 3.05) is 13.2 Å². The van der Waals surface area contributed by atoms with Crippen LogP contribution >= 0.6 is 0 Å². The molecule has 0 radical (unpaired) electrons. The Morgan fingerprint density at radius 2 is 0.541 bits per heavy atom. The molecular formula is C55H106O6. The molecule has 0 aliphatic heterocycles. The van der Waals surface area contributed by atoms with Crippen LogP contribution in [0, 0.1) is 11.8 Å². The van der Waals surface area contributed by atoms with Crippen molar-refractivity contribution in [2.45, 2.75) is 310 Å². The summed E-state index contributed by atoms with van der Waals surface area (Å²) in [5.41, 5.74) is 0. The standard InChI is InChI=1S/C55H106O6/c1-6-7-8-9-10-11-12-13-16-20-23-26-29-35-40-45-53(56)59-48-52(49-60-54(57)46-41-36-32-31-34-39-44-51(4)5)61-55(58)47-42-37-30-27-24-21-18-15-14-17-19-22-25-28-33-38-43-50(2)3/h50-52H,6-49H2,1-5H3/t52-/m0/s1. The number of esters is 3. The van der Waals surface area contributed by atoms with Crippen molar-refractivity contribution < 1.29 is 28.6 Å². The van der Waals surface area contributed by atoms with Crippen LogP contribution in [0.3, 0.4) is 0 Å². The SMILES string of the molecule is CCCCCCCCCCCCCCCCCC(=O)OC[C@@H](COC(=O)CCCCCCCCC(C)C)OC(=O)CCCCCCCCCCCCCCCCCCC(C)C. The molecule has 0 fully saturated rings. The molecule has 0 bridgehead atoms. The normalized spacial score (nSPS) is 12.0. The van der Waals surface area contributed by atoms with Crippen LogP contribution in [0.4, 0.5) is 0 Å². The molecule has 0 amide bonds. The largest absolute Gasteiger partial charge is 0.462 e. The molecule has 0 N–H and O–H groups in total. The maximum atomic E-state index is 12.8. The van der Waals surface area contributed by atoms with E-state index in [9.17, 15) is 14.4 Å². The Kier molecular flexibility index (Phi) is 46.6. The maximum absolute atomic E-state index is 12.8. The van der Waals surface area contributed by atoms with Crippen molar-refractivity contribution in [2.24, 2.45) is 11.8 Å². The van der Waals surface area contributed by atoms with Gasteiger partial charge in [0.1, 0.15) is 13.2 Å². The molecule has 0 saturated carbocycles. The van der Waals surface area contributed by atoms with Crippen LogP contribution in [-0.4, -0.2) is 37.2 Å². The van der Waals surface area contributed by atoms with E-state index in [0.717, 1.165) is 69.6 Å². The third-order valence-corrected chi connectivity index (χ3v) is 12.5. The van der Waals surface area contributed by atoms with E-state index in [2.05, 4.69) is 34.6 Å². The van der Waals surface area contributed by atoms with E-state index >= 15 is 0 Å². The van der Waals surface area contributed by atoms with E-state index in [0.29, 0.717) is 19.3 Å². The molecule has 0 spiro atoms. The van der Waals surface area contributed by atoms with E-state index in [1.54, 1.807) is 0 Å². The number of carbonyl (C=O) groups is 3. The van der Waals surface area contributed by atoms with Gasteiger partial charge < -0.3 is 14.2 Å². The van der Waals surface area contributed by atoms with Crippen LogP contribution < -0.4 is 0 Å². The Labute approximate surface area is 380 Å². The minimum Gasteiger partial charge on any atom is -0.462 e. The van der Waals surface area contributed by atoms with Crippen LogP contribution in [0.5, 0.6) is 0 Å². The van der Waals surface area contributed by atoms with Crippen molar-refractivity contribution in [1.29, 1.82) is 0 Å². The molecule has 0 saturated heterocycles. The summed E-state index contributed by atoms with van der Waals surface area (Å²) in [6, 6.07) is 0. The number of unbranched alkanes of at least 4 members (excludes halogenated alkanes) is 34. The molecule has 0 aromatic heterocycles. The number of hydrogen-bond acceptors (Lipinski definition) is 6. The molecule has 6 nitrogen and oxygen atoms in total. The molecule has 362 valence electrons. The number of carbonyl (C=O) groups excluding carboxylic acids is 3. The van der Waals surface area contributed by atoms with E-state index in [1.807, 2.05) is 0 Å². The Morgan fingerprint density at radius 1 is 0.311 bits per heavy atom. The highest BCUT2D eigenvalue weighted by atomic mass is 16.6. The molecule has 0 aromatic carbocycles. The quantitative estimate of drug-likeness (QED) is 0.0344. The molecule has 1 atom stereocenters.